The van der Waals surface area contributed by atoms with Gasteiger partial charge >= 0.3 is 0 Å². The molecular weight excluding hydrogens is 188 g/mol. The molecule has 0 atom stereocenters. The third-order valence-electron chi connectivity index (χ3n) is 2.00. The first-order valence-corrected chi connectivity index (χ1v) is 5.30. The highest BCUT2D eigenvalue weighted by molar-refractivity contribution is 5.49. The van der Waals surface area contributed by atoms with Crippen molar-refractivity contribution in [1.82, 2.24) is 0 Å². The predicted octanol–water partition coefficient (Wildman–Crippen LogP) is 3.14. The molecule has 0 fully saturated rings. The Morgan fingerprint density at radius 1 is 1.33 bits per heavy atom. The largest absolute Gasteiger partial charge is 0.493 e. The summed E-state index contributed by atoms with van der Waals surface area (Å²) in [5.41, 5.74) is 1.08. The lowest BCUT2D eigenvalue weighted by atomic mass is 10.2. The molecule has 0 aliphatic rings. The normalized spacial score (nSPS) is 9.93. The molecule has 2 heteroatoms. The average Bonchev–Trinajstić information content (AvgIpc) is 2.29. The molecule has 0 spiro atoms. The van der Waals surface area contributed by atoms with Gasteiger partial charge in [0.25, 0.3) is 0 Å². The zero-order chi connectivity index (χ0) is 10.9. The summed E-state index contributed by atoms with van der Waals surface area (Å²) >= 11 is 0. The summed E-state index contributed by atoms with van der Waals surface area (Å²) in [5.74, 6) is 0.892. The van der Waals surface area contributed by atoms with Crippen molar-refractivity contribution >= 4 is 6.08 Å². The fraction of sp³-hybridized carbons (Fsp3) is 0.385. The number of hydrogen-bond acceptors (Lipinski definition) is 2. The van der Waals surface area contributed by atoms with Crippen molar-refractivity contribution in [3.63, 3.8) is 0 Å². The first kappa shape index (κ1) is 11.8. The Kier molecular flexibility index (Phi) is 5.56. The molecule has 0 saturated carbocycles. The highest BCUT2D eigenvalue weighted by Crippen LogP contribution is 2.13. The number of benzene rings is 1. The Morgan fingerprint density at radius 2 is 2.20 bits per heavy atom. The van der Waals surface area contributed by atoms with Crippen LogP contribution >= 0.6 is 0 Å². The van der Waals surface area contributed by atoms with E-state index < -0.39 is 0 Å². The molecule has 1 rings (SSSR count). The maximum atomic E-state index is 5.57. The van der Waals surface area contributed by atoms with Crippen LogP contribution in [0.5, 0.6) is 5.75 Å². The van der Waals surface area contributed by atoms with Crippen molar-refractivity contribution in [2.45, 2.75) is 13.3 Å². The van der Waals surface area contributed by atoms with Crippen molar-refractivity contribution in [3.8, 4) is 5.75 Å². The van der Waals surface area contributed by atoms with Crippen LogP contribution in [0, 0.1) is 0 Å². The van der Waals surface area contributed by atoms with Gasteiger partial charge in [0.2, 0.25) is 0 Å². The molecule has 0 bridgehead atoms. The van der Waals surface area contributed by atoms with E-state index in [2.05, 4.69) is 6.58 Å². The van der Waals surface area contributed by atoms with E-state index >= 15 is 0 Å². The molecular formula is C13H18O2. The van der Waals surface area contributed by atoms with Crippen molar-refractivity contribution < 1.29 is 9.47 Å². The molecule has 0 aliphatic heterocycles. The quantitative estimate of drug-likeness (QED) is 0.638. The van der Waals surface area contributed by atoms with Gasteiger partial charge in [0.1, 0.15) is 5.75 Å². The second-order valence-corrected chi connectivity index (χ2v) is 3.18. The molecule has 2 nitrogen and oxygen atoms in total. The molecule has 82 valence electrons. The molecule has 0 amide bonds. The number of ether oxygens (including phenoxy) is 2. The fourth-order valence-electron chi connectivity index (χ4n) is 1.23. The monoisotopic (exact) mass is 206 g/mol. The summed E-state index contributed by atoms with van der Waals surface area (Å²) in [6.45, 7) is 7.94. The standard InChI is InChI=1S/C13H18O2/c1-3-12-7-5-8-13(11-12)15-10-6-9-14-4-2/h3,5,7-8,11H,1,4,6,9-10H2,2H3. The molecule has 1 aromatic rings. The first-order valence-electron chi connectivity index (χ1n) is 5.30. The van der Waals surface area contributed by atoms with Crippen molar-refractivity contribution in [2.24, 2.45) is 0 Å². The fourth-order valence-corrected chi connectivity index (χ4v) is 1.23. The van der Waals surface area contributed by atoms with E-state index in [0.29, 0.717) is 6.61 Å². The van der Waals surface area contributed by atoms with Crippen LogP contribution in [0.15, 0.2) is 30.8 Å². The Bertz CT molecular complexity index is 294. The predicted molar refractivity (Wildman–Crippen MR) is 63.1 cm³/mol. The Morgan fingerprint density at radius 3 is 2.93 bits per heavy atom. The summed E-state index contributed by atoms with van der Waals surface area (Å²) in [5, 5.41) is 0. The molecule has 0 saturated heterocycles. The lowest BCUT2D eigenvalue weighted by Crippen LogP contribution is -2.02. The van der Waals surface area contributed by atoms with Crippen molar-refractivity contribution in [3.05, 3.63) is 36.4 Å². The second kappa shape index (κ2) is 7.07. The maximum absolute atomic E-state index is 5.57. The summed E-state index contributed by atoms with van der Waals surface area (Å²) in [4.78, 5) is 0. The smallest absolute Gasteiger partial charge is 0.119 e. The van der Waals surface area contributed by atoms with Gasteiger partial charge in [-0.05, 0) is 24.6 Å². The van der Waals surface area contributed by atoms with Crippen LogP contribution in [-0.4, -0.2) is 19.8 Å². The van der Waals surface area contributed by atoms with E-state index in [1.807, 2.05) is 37.3 Å². The van der Waals surface area contributed by atoms with E-state index in [9.17, 15) is 0 Å². The second-order valence-electron chi connectivity index (χ2n) is 3.18. The molecule has 0 aliphatic carbocycles. The Hall–Kier alpha value is -1.28. The zero-order valence-corrected chi connectivity index (χ0v) is 9.24. The molecule has 0 radical (unpaired) electrons. The van der Waals surface area contributed by atoms with Crippen LogP contribution in [-0.2, 0) is 4.74 Å². The van der Waals surface area contributed by atoms with E-state index in [-0.39, 0.29) is 0 Å². The molecule has 0 N–H and O–H groups in total. The summed E-state index contributed by atoms with van der Waals surface area (Å²) in [6.07, 6.45) is 2.74. The van der Waals surface area contributed by atoms with Gasteiger partial charge in [0.05, 0.1) is 6.61 Å². The number of rotatable bonds is 7. The van der Waals surface area contributed by atoms with Gasteiger partial charge in [-0.3, -0.25) is 0 Å². The zero-order valence-electron chi connectivity index (χ0n) is 9.24. The lowest BCUT2D eigenvalue weighted by molar-refractivity contribution is 0.131. The highest BCUT2D eigenvalue weighted by atomic mass is 16.5. The van der Waals surface area contributed by atoms with Gasteiger partial charge in [-0.25, -0.2) is 0 Å². The molecule has 0 heterocycles. The molecule has 0 unspecified atom stereocenters. The molecule has 1 aromatic carbocycles. The number of hydrogen-bond donors (Lipinski definition) is 0. The van der Waals surface area contributed by atoms with Crippen LogP contribution in [0.25, 0.3) is 6.08 Å². The van der Waals surface area contributed by atoms with Crippen LogP contribution in [0.4, 0.5) is 0 Å². The third kappa shape index (κ3) is 4.66. The first-order chi connectivity index (χ1) is 7.36. The summed E-state index contributed by atoms with van der Waals surface area (Å²) < 4.78 is 10.8. The minimum atomic E-state index is 0.695. The van der Waals surface area contributed by atoms with Gasteiger partial charge in [-0.2, -0.15) is 0 Å². The third-order valence-corrected chi connectivity index (χ3v) is 2.00. The van der Waals surface area contributed by atoms with Gasteiger partial charge in [0.15, 0.2) is 0 Å². The topological polar surface area (TPSA) is 18.5 Å². The van der Waals surface area contributed by atoms with Crippen LogP contribution in [0.2, 0.25) is 0 Å². The molecule has 0 aromatic heterocycles. The minimum Gasteiger partial charge on any atom is -0.493 e. The van der Waals surface area contributed by atoms with E-state index in [1.54, 1.807) is 0 Å². The average molecular weight is 206 g/mol. The Labute approximate surface area is 91.5 Å². The van der Waals surface area contributed by atoms with Gasteiger partial charge in [0, 0.05) is 19.6 Å². The summed E-state index contributed by atoms with van der Waals surface area (Å²) in [7, 11) is 0. The maximum Gasteiger partial charge on any atom is 0.119 e. The minimum absolute atomic E-state index is 0.695. The lowest BCUT2D eigenvalue weighted by Gasteiger charge is -2.06. The van der Waals surface area contributed by atoms with Gasteiger partial charge < -0.3 is 9.47 Å². The van der Waals surface area contributed by atoms with E-state index in [1.165, 1.54) is 0 Å². The van der Waals surface area contributed by atoms with Gasteiger partial charge in [-0.1, -0.05) is 24.8 Å². The summed E-state index contributed by atoms with van der Waals surface area (Å²) in [6, 6.07) is 7.90. The SMILES string of the molecule is C=Cc1cccc(OCCCOCC)c1. The molecule has 15 heavy (non-hydrogen) atoms. The van der Waals surface area contributed by atoms with Crippen molar-refractivity contribution in [1.29, 1.82) is 0 Å². The van der Waals surface area contributed by atoms with E-state index in [0.717, 1.165) is 30.9 Å². The highest BCUT2D eigenvalue weighted by Gasteiger charge is 1.94. The van der Waals surface area contributed by atoms with E-state index in [4.69, 9.17) is 9.47 Å². The van der Waals surface area contributed by atoms with Crippen LogP contribution < -0.4 is 4.74 Å². The van der Waals surface area contributed by atoms with Gasteiger partial charge in [-0.15, -0.1) is 0 Å². The Balaban J connectivity index is 2.27. The van der Waals surface area contributed by atoms with Crippen LogP contribution in [0.3, 0.4) is 0 Å². The van der Waals surface area contributed by atoms with Crippen LogP contribution in [0.1, 0.15) is 18.9 Å². The van der Waals surface area contributed by atoms with Crippen molar-refractivity contribution in [2.75, 3.05) is 19.8 Å².